The molecule has 1 aromatic heterocycles. The van der Waals surface area contributed by atoms with E-state index in [0.29, 0.717) is 11.4 Å². The number of aromatic nitrogens is 2. The highest BCUT2D eigenvalue weighted by atomic mass is 15.2. The minimum atomic E-state index is 0.0424. The molecule has 5 nitrogen and oxygen atoms in total. The highest BCUT2D eigenvalue weighted by Gasteiger charge is 2.15. The molecule has 5 heteroatoms. The van der Waals surface area contributed by atoms with Gasteiger partial charge in [-0.15, -0.1) is 5.10 Å². The molecular weight excluding hydrogens is 190 g/mol. The molecule has 0 aliphatic heterocycles. The largest absolute Gasteiger partial charge is 0.384 e. The van der Waals surface area contributed by atoms with E-state index in [2.05, 4.69) is 10.2 Å². The zero-order valence-corrected chi connectivity index (χ0v) is 9.63. The molecule has 0 spiro atoms. The van der Waals surface area contributed by atoms with E-state index in [-0.39, 0.29) is 5.84 Å². The van der Waals surface area contributed by atoms with Crippen LogP contribution in [0.3, 0.4) is 0 Å². The van der Waals surface area contributed by atoms with Crippen molar-refractivity contribution in [2.75, 3.05) is 18.5 Å². The molecule has 0 aliphatic carbocycles. The molecule has 0 radical (unpaired) electrons. The first-order valence-corrected chi connectivity index (χ1v) is 4.88. The van der Waals surface area contributed by atoms with Crippen LogP contribution < -0.4 is 10.6 Å². The number of hydrogen-bond acceptors (Lipinski definition) is 4. The van der Waals surface area contributed by atoms with Crippen molar-refractivity contribution in [3.63, 3.8) is 0 Å². The second-order valence-corrected chi connectivity index (χ2v) is 3.54. The third kappa shape index (κ3) is 2.06. The molecule has 1 heterocycles. The molecule has 0 unspecified atom stereocenters. The minimum absolute atomic E-state index is 0.0424. The molecule has 0 amide bonds. The molecular formula is C10H17N5. The smallest absolute Gasteiger partial charge is 0.162 e. The Balaban J connectivity index is 3.40. The van der Waals surface area contributed by atoms with Gasteiger partial charge in [-0.05, 0) is 26.3 Å². The number of anilines is 1. The quantitative estimate of drug-likeness (QED) is 0.568. The molecule has 1 aromatic rings. The van der Waals surface area contributed by atoms with Crippen molar-refractivity contribution in [1.29, 1.82) is 5.41 Å². The fourth-order valence-electron chi connectivity index (χ4n) is 1.34. The zero-order chi connectivity index (χ0) is 11.6. The minimum Gasteiger partial charge on any atom is -0.384 e. The van der Waals surface area contributed by atoms with Gasteiger partial charge < -0.3 is 10.6 Å². The number of nitrogens with two attached hydrogens (primary N) is 1. The van der Waals surface area contributed by atoms with Gasteiger partial charge in [-0.3, -0.25) is 5.41 Å². The summed E-state index contributed by atoms with van der Waals surface area (Å²) in [5, 5.41) is 15.7. The topological polar surface area (TPSA) is 78.9 Å². The van der Waals surface area contributed by atoms with Gasteiger partial charge >= 0.3 is 0 Å². The third-order valence-corrected chi connectivity index (χ3v) is 2.54. The maximum absolute atomic E-state index is 7.57. The summed E-state index contributed by atoms with van der Waals surface area (Å²) in [5.74, 6) is 0.717. The first-order valence-electron chi connectivity index (χ1n) is 4.88. The van der Waals surface area contributed by atoms with Crippen LogP contribution >= 0.6 is 0 Å². The van der Waals surface area contributed by atoms with Crippen LogP contribution in [0.1, 0.15) is 23.7 Å². The average molecular weight is 207 g/mol. The summed E-state index contributed by atoms with van der Waals surface area (Å²) in [5.41, 5.74) is 7.99. The van der Waals surface area contributed by atoms with Crippen LogP contribution in [-0.4, -0.2) is 29.6 Å². The molecule has 0 aliphatic rings. The van der Waals surface area contributed by atoms with Crippen molar-refractivity contribution in [3.05, 3.63) is 16.8 Å². The number of nitrogens with zero attached hydrogens (tertiary/aromatic N) is 3. The fourth-order valence-corrected chi connectivity index (χ4v) is 1.34. The van der Waals surface area contributed by atoms with E-state index in [9.17, 15) is 0 Å². The Morgan fingerprint density at radius 2 is 2.00 bits per heavy atom. The van der Waals surface area contributed by atoms with Gasteiger partial charge in [-0.1, -0.05) is 0 Å². The lowest BCUT2D eigenvalue weighted by Crippen LogP contribution is -2.25. The Bertz CT molecular complexity index is 386. The van der Waals surface area contributed by atoms with Gasteiger partial charge in [0.05, 0.1) is 11.3 Å². The molecule has 3 N–H and O–H groups in total. The van der Waals surface area contributed by atoms with E-state index in [4.69, 9.17) is 11.1 Å². The summed E-state index contributed by atoms with van der Waals surface area (Å²) in [4.78, 5) is 1.93. The highest BCUT2D eigenvalue weighted by molar-refractivity contribution is 6.01. The Morgan fingerprint density at radius 3 is 2.47 bits per heavy atom. The zero-order valence-electron chi connectivity index (χ0n) is 9.63. The van der Waals surface area contributed by atoms with Gasteiger partial charge in [0, 0.05) is 13.6 Å². The lowest BCUT2D eigenvalue weighted by molar-refractivity contribution is 0.870. The normalized spacial score (nSPS) is 10.1. The average Bonchev–Trinajstić information content (AvgIpc) is 2.20. The predicted molar refractivity (Wildman–Crippen MR) is 61.5 cm³/mol. The number of amidine groups is 1. The Hall–Kier alpha value is -1.65. The van der Waals surface area contributed by atoms with Crippen molar-refractivity contribution in [2.24, 2.45) is 5.73 Å². The van der Waals surface area contributed by atoms with E-state index < -0.39 is 0 Å². The lowest BCUT2D eigenvalue weighted by Gasteiger charge is -2.19. The number of rotatable bonds is 3. The first-order chi connectivity index (χ1) is 6.99. The van der Waals surface area contributed by atoms with Gasteiger partial charge in [0.2, 0.25) is 0 Å². The van der Waals surface area contributed by atoms with Crippen molar-refractivity contribution in [2.45, 2.75) is 20.8 Å². The van der Waals surface area contributed by atoms with Crippen molar-refractivity contribution in [1.82, 2.24) is 10.2 Å². The molecule has 0 aromatic carbocycles. The number of aryl methyl sites for hydroxylation is 1. The monoisotopic (exact) mass is 207 g/mol. The summed E-state index contributed by atoms with van der Waals surface area (Å²) < 4.78 is 0. The van der Waals surface area contributed by atoms with E-state index in [1.54, 1.807) is 0 Å². The van der Waals surface area contributed by atoms with E-state index >= 15 is 0 Å². The van der Waals surface area contributed by atoms with E-state index in [1.165, 1.54) is 0 Å². The summed E-state index contributed by atoms with van der Waals surface area (Å²) in [7, 11) is 1.91. The van der Waals surface area contributed by atoms with Crippen molar-refractivity contribution < 1.29 is 0 Å². The van der Waals surface area contributed by atoms with Gasteiger partial charge in [0.15, 0.2) is 5.82 Å². The van der Waals surface area contributed by atoms with Crippen molar-refractivity contribution >= 4 is 11.7 Å². The SMILES string of the molecule is CCN(C)c1nnc(C)c(C)c1C(=N)N. The van der Waals surface area contributed by atoms with Crippen molar-refractivity contribution in [3.8, 4) is 0 Å². The summed E-state index contributed by atoms with van der Waals surface area (Å²) in [6, 6.07) is 0. The van der Waals surface area contributed by atoms with Crippen LogP contribution in [0.2, 0.25) is 0 Å². The number of hydrogen-bond donors (Lipinski definition) is 2. The third-order valence-electron chi connectivity index (χ3n) is 2.54. The van der Waals surface area contributed by atoms with Crippen LogP contribution in [0.5, 0.6) is 0 Å². The number of nitrogens with one attached hydrogen (secondary N) is 1. The van der Waals surface area contributed by atoms with E-state index in [1.807, 2.05) is 32.7 Å². The molecule has 82 valence electrons. The molecule has 0 saturated heterocycles. The number of nitrogen functional groups attached to an aromatic ring is 1. The van der Waals surface area contributed by atoms with Crippen LogP contribution in [0, 0.1) is 19.3 Å². The van der Waals surface area contributed by atoms with Gasteiger partial charge in [0.1, 0.15) is 5.84 Å². The molecule has 15 heavy (non-hydrogen) atoms. The lowest BCUT2D eigenvalue weighted by atomic mass is 10.1. The Kier molecular flexibility index (Phi) is 3.24. The van der Waals surface area contributed by atoms with E-state index in [0.717, 1.165) is 17.8 Å². The summed E-state index contributed by atoms with van der Waals surface area (Å²) >= 11 is 0. The Labute approximate surface area is 89.8 Å². The molecule has 0 saturated carbocycles. The standard InChI is InChI=1S/C10H17N5/c1-5-15(4)10-8(9(11)12)6(2)7(3)13-14-10/h5H2,1-4H3,(H3,11,12). The Morgan fingerprint density at radius 1 is 1.40 bits per heavy atom. The maximum atomic E-state index is 7.57. The second kappa shape index (κ2) is 4.25. The first kappa shape index (κ1) is 11.4. The van der Waals surface area contributed by atoms with Crippen LogP contribution in [0.25, 0.3) is 0 Å². The van der Waals surface area contributed by atoms with Gasteiger partial charge in [-0.25, -0.2) is 0 Å². The summed E-state index contributed by atoms with van der Waals surface area (Å²) in [6.45, 7) is 6.59. The second-order valence-electron chi connectivity index (χ2n) is 3.54. The maximum Gasteiger partial charge on any atom is 0.162 e. The molecule has 0 atom stereocenters. The van der Waals surface area contributed by atoms with Crippen LogP contribution in [-0.2, 0) is 0 Å². The highest BCUT2D eigenvalue weighted by Crippen LogP contribution is 2.20. The molecule has 0 fully saturated rings. The van der Waals surface area contributed by atoms with Gasteiger partial charge in [-0.2, -0.15) is 5.10 Å². The predicted octanol–water partition coefficient (Wildman–Crippen LogP) is 0.834. The van der Waals surface area contributed by atoms with Crippen LogP contribution in [0.4, 0.5) is 5.82 Å². The molecule has 1 rings (SSSR count). The fraction of sp³-hybridized carbons (Fsp3) is 0.500. The summed E-state index contributed by atoms with van der Waals surface area (Å²) in [6.07, 6.45) is 0. The molecule has 0 bridgehead atoms. The van der Waals surface area contributed by atoms with Gasteiger partial charge in [0.25, 0.3) is 0 Å². The van der Waals surface area contributed by atoms with Crippen LogP contribution in [0.15, 0.2) is 0 Å².